The van der Waals surface area contributed by atoms with Crippen LogP contribution in [0.3, 0.4) is 0 Å². The Bertz CT molecular complexity index is 4990. The third-order valence-corrected chi connectivity index (χ3v) is 15.9. The van der Waals surface area contributed by atoms with Crippen LogP contribution < -0.4 is 51.4 Å². The van der Waals surface area contributed by atoms with Crippen molar-refractivity contribution in [1.82, 2.24) is 18.7 Å². The van der Waals surface area contributed by atoms with E-state index in [2.05, 4.69) is 275 Å². The van der Waals surface area contributed by atoms with E-state index >= 15 is 0 Å². The van der Waals surface area contributed by atoms with E-state index in [1.165, 1.54) is 98.9 Å². The van der Waals surface area contributed by atoms with Gasteiger partial charge in [-0.25, -0.2) is 0 Å². The number of aromatic nitrogens is 4. The predicted molar refractivity (Wildman–Crippen MR) is 334 cm³/mol. The third kappa shape index (κ3) is 8.92. The summed E-state index contributed by atoms with van der Waals surface area (Å²) in [6.07, 6.45) is 0. The van der Waals surface area contributed by atoms with Crippen LogP contribution >= 0.6 is 0 Å². The Morgan fingerprint density at radius 3 is 1.06 bits per heavy atom. The fourth-order valence-electron chi connectivity index (χ4n) is 12.3. The number of nitrogens with one attached hydrogen (secondary N) is 1. The number of rotatable bonds is 6. The molecule has 380 valence electrons. The summed E-state index contributed by atoms with van der Waals surface area (Å²) in [6, 6.07) is 99.6. The van der Waals surface area contributed by atoms with Crippen molar-refractivity contribution in [3.05, 3.63) is 279 Å². The zero-order valence-corrected chi connectivity index (χ0v) is 47.9. The number of hydrogen-bond donors (Lipinski definition) is 1. The SMILES string of the molecule is CC(=O)n1c2ccccc2c2cc(-c3cccc(-c4cccc(-n5c6ccccc6c6ccccc65)c4)c3)ccc21.[K+].[OH-].c1cc(-c2cccc(-n3c4ccccc4c4ccccc43)c2)cc(-c2ccc3[nH]c4ccccc4c3c2)c1. The second kappa shape index (κ2) is 21.3. The predicted octanol–water partition coefficient (Wildman–Crippen LogP) is 16.5. The largest absolute Gasteiger partial charge is 1.00 e. The summed E-state index contributed by atoms with van der Waals surface area (Å²) in [4.78, 5) is 16.0. The number of H-pyrrole nitrogens is 1. The minimum Gasteiger partial charge on any atom is -0.870 e. The van der Waals surface area contributed by atoms with Gasteiger partial charge >= 0.3 is 51.4 Å². The first-order valence-electron chi connectivity index (χ1n) is 26.9. The molecule has 0 fully saturated rings. The second-order valence-corrected chi connectivity index (χ2v) is 20.5. The molecule has 0 radical (unpaired) electrons. The molecule has 16 aromatic rings. The fraction of sp³-hybridized carbons (Fsp3) is 0.0135. The number of carbonyl (C=O) groups is 1. The molecule has 0 spiro atoms. The quantitative estimate of drug-likeness (QED) is 0.168. The van der Waals surface area contributed by atoms with Crippen LogP contribution in [0.25, 0.3) is 143 Å². The van der Waals surface area contributed by atoms with Gasteiger partial charge in [0.25, 0.3) is 0 Å². The first-order chi connectivity index (χ1) is 39.0. The van der Waals surface area contributed by atoms with Crippen molar-refractivity contribution in [3.63, 3.8) is 0 Å². The summed E-state index contributed by atoms with van der Waals surface area (Å²) >= 11 is 0. The van der Waals surface area contributed by atoms with Crippen molar-refractivity contribution < 1.29 is 61.7 Å². The second-order valence-electron chi connectivity index (χ2n) is 20.5. The van der Waals surface area contributed by atoms with Crippen LogP contribution in [0.1, 0.15) is 11.7 Å². The van der Waals surface area contributed by atoms with E-state index in [4.69, 9.17) is 0 Å². The summed E-state index contributed by atoms with van der Waals surface area (Å²) in [7, 11) is 0. The molecule has 6 nitrogen and oxygen atoms in total. The average molecular weight is 1070 g/mol. The summed E-state index contributed by atoms with van der Waals surface area (Å²) in [5, 5.41) is 9.79. The van der Waals surface area contributed by atoms with Gasteiger partial charge in [0.1, 0.15) is 0 Å². The molecule has 2 N–H and O–H groups in total. The number of aromatic amines is 1. The van der Waals surface area contributed by atoms with Crippen molar-refractivity contribution in [2.24, 2.45) is 0 Å². The van der Waals surface area contributed by atoms with E-state index in [1.807, 2.05) is 22.8 Å². The molecule has 0 amide bonds. The van der Waals surface area contributed by atoms with Crippen molar-refractivity contribution >= 4 is 93.1 Å². The molecule has 0 aliphatic rings. The van der Waals surface area contributed by atoms with Gasteiger partial charge in [0.05, 0.1) is 33.1 Å². The number of hydrogen-bond acceptors (Lipinski definition) is 2. The van der Waals surface area contributed by atoms with Gasteiger partial charge in [0.15, 0.2) is 0 Å². The minimum absolute atomic E-state index is 0. The number of carbonyl (C=O) groups excluding carboxylic acids is 1. The van der Waals surface area contributed by atoms with Crippen LogP contribution in [0.4, 0.5) is 0 Å². The van der Waals surface area contributed by atoms with Crippen LogP contribution in [0, 0.1) is 0 Å². The van der Waals surface area contributed by atoms with Gasteiger partial charge in [-0.3, -0.25) is 9.36 Å². The topological polar surface area (TPSA) is 77.7 Å². The Kier molecular flexibility index (Phi) is 13.5. The standard InChI is InChI=1S/C38H26N2O.C36H24N2.K.H2O/c1-25(41)39-35-17-5-4-16-33(35)34-24-29(20-21-38(34)39)27-11-8-10-26(22-27)28-12-9-13-30(23-28)40-36-18-6-2-14-31(36)32-15-3-7-19-37(32)40;1-4-16-33-29(13-1)32-23-27(19-20-34(32)37-33)25-10-7-9-24(21-25)26-11-8-12-28(22-26)38-35-17-5-2-14-30(35)31-15-3-6-18-36(31)38;;/h2-24H,1H3;1-23,37H;;1H2/q;;+1;/p-1. The Labute approximate surface area is 510 Å². The summed E-state index contributed by atoms with van der Waals surface area (Å²) in [5.41, 5.74) is 20.9. The van der Waals surface area contributed by atoms with Crippen molar-refractivity contribution in [1.29, 1.82) is 0 Å². The van der Waals surface area contributed by atoms with Crippen LogP contribution in [-0.4, -0.2) is 30.1 Å². The number of benzene rings is 12. The number of nitrogens with zero attached hydrogens (tertiary/aromatic N) is 3. The first kappa shape index (κ1) is 51.5. The molecule has 0 aliphatic heterocycles. The van der Waals surface area contributed by atoms with E-state index < -0.39 is 0 Å². The molecule has 0 saturated carbocycles. The molecular formula is C74H51KN4O2. The van der Waals surface area contributed by atoms with Gasteiger partial charge in [-0.2, -0.15) is 0 Å². The first-order valence-corrected chi connectivity index (χ1v) is 26.9. The van der Waals surface area contributed by atoms with E-state index in [1.54, 1.807) is 6.92 Å². The summed E-state index contributed by atoms with van der Waals surface area (Å²) in [5.74, 6) is 0.0223. The van der Waals surface area contributed by atoms with Gasteiger partial charge in [0, 0.05) is 72.4 Å². The molecule has 81 heavy (non-hydrogen) atoms. The van der Waals surface area contributed by atoms with Crippen LogP contribution in [0.15, 0.2) is 279 Å². The van der Waals surface area contributed by atoms with Gasteiger partial charge in [0.2, 0.25) is 5.91 Å². The Hall–Kier alpha value is -8.89. The average Bonchev–Trinajstić information content (AvgIpc) is 4.43. The number of para-hydroxylation sites is 6. The maximum atomic E-state index is 12.5. The molecule has 4 aromatic heterocycles. The van der Waals surface area contributed by atoms with Gasteiger partial charge < -0.3 is 19.6 Å². The normalized spacial score (nSPS) is 11.4. The molecule has 4 heterocycles. The molecule has 16 rings (SSSR count). The Morgan fingerprint density at radius 2 is 0.605 bits per heavy atom. The van der Waals surface area contributed by atoms with E-state index in [0.717, 1.165) is 44.2 Å². The summed E-state index contributed by atoms with van der Waals surface area (Å²) in [6.45, 7) is 1.62. The van der Waals surface area contributed by atoms with Crippen LogP contribution in [-0.2, 0) is 0 Å². The minimum atomic E-state index is 0. The molecule has 0 aliphatic carbocycles. The molecule has 0 bridgehead atoms. The smallest absolute Gasteiger partial charge is 0.870 e. The summed E-state index contributed by atoms with van der Waals surface area (Å²) < 4.78 is 6.55. The van der Waals surface area contributed by atoms with E-state index in [9.17, 15) is 4.79 Å². The molecule has 0 saturated heterocycles. The molecule has 0 unspecified atom stereocenters. The van der Waals surface area contributed by atoms with Crippen LogP contribution in [0.2, 0.25) is 0 Å². The van der Waals surface area contributed by atoms with Gasteiger partial charge in [-0.1, -0.05) is 182 Å². The van der Waals surface area contributed by atoms with Crippen molar-refractivity contribution in [3.8, 4) is 55.9 Å². The number of fused-ring (bicyclic) bond motifs is 12. The zero-order valence-electron chi connectivity index (χ0n) is 44.8. The van der Waals surface area contributed by atoms with Crippen molar-refractivity contribution in [2.75, 3.05) is 0 Å². The fourth-order valence-corrected chi connectivity index (χ4v) is 12.3. The maximum absolute atomic E-state index is 12.5. The third-order valence-electron chi connectivity index (χ3n) is 15.9. The molecule has 7 heteroatoms. The zero-order chi connectivity index (χ0) is 52.6. The monoisotopic (exact) mass is 1070 g/mol. The van der Waals surface area contributed by atoms with E-state index in [-0.39, 0.29) is 62.8 Å². The Balaban J connectivity index is 0.000000149. The molecule has 0 atom stereocenters. The molecular weight excluding hydrogens is 1020 g/mol. The van der Waals surface area contributed by atoms with Gasteiger partial charge in [-0.05, 0) is 142 Å². The molecule has 12 aromatic carbocycles. The van der Waals surface area contributed by atoms with Gasteiger partial charge in [-0.15, -0.1) is 0 Å². The Morgan fingerprint density at radius 1 is 0.284 bits per heavy atom. The van der Waals surface area contributed by atoms with E-state index in [0.29, 0.717) is 0 Å². The maximum Gasteiger partial charge on any atom is 1.00 e. The van der Waals surface area contributed by atoms with Crippen molar-refractivity contribution in [2.45, 2.75) is 6.92 Å². The van der Waals surface area contributed by atoms with Crippen LogP contribution in [0.5, 0.6) is 0 Å².